The summed E-state index contributed by atoms with van der Waals surface area (Å²) in [5.74, 6) is -1.26. The van der Waals surface area contributed by atoms with Crippen molar-refractivity contribution in [3.63, 3.8) is 0 Å². The van der Waals surface area contributed by atoms with E-state index in [1.807, 2.05) is 0 Å². The summed E-state index contributed by atoms with van der Waals surface area (Å²) in [6, 6.07) is 4.06. The van der Waals surface area contributed by atoms with Gasteiger partial charge in [0, 0.05) is 18.2 Å². The fourth-order valence-electron chi connectivity index (χ4n) is 3.54. The van der Waals surface area contributed by atoms with Crippen molar-refractivity contribution in [2.24, 2.45) is 11.1 Å². The van der Waals surface area contributed by atoms with Crippen molar-refractivity contribution < 1.29 is 19.2 Å². The SMILES string of the molecule is CC(C)(C[CH]C(=O)N1CCC2C1C(=O)CN2C(=O)c1ccccn1)C(N)=O. The molecule has 27 heavy (non-hydrogen) atoms. The molecule has 3 amide bonds. The Bertz CT molecular complexity index is 777. The van der Waals surface area contributed by atoms with Gasteiger partial charge >= 0.3 is 0 Å². The monoisotopic (exact) mass is 371 g/mol. The lowest BCUT2D eigenvalue weighted by atomic mass is 9.87. The van der Waals surface area contributed by atoms with E-state index in [0.29, 0.717) is 13.0 Å². The van der Waals surface area contributed by atoms with E-state index in [-0.39, 0.29) is 42.3 Å². The number of primary amides is 1. The fraction of sp³-hybridized carbons (Fsp3) is 0.474. The van der Waals surface area contributed by atoms with Crippen LogP contribution < -0.4 is 5.73 Å². The molecule has 8 nitrogen and oxygen atoms in total. The van der Waals surface area contributed by atoms with Crippen LogP contribution in [0.1, 0.15) is 37.2 Å². The maximum Gasteiger partial charge on any atom is 0.273 e. The zero-order chi connectivity index (χ0) is 19.8. The van der Waals surface area contributed by atoms with E-state index in [0.717, 1.165) is 0 Å². The van der Waals surface area contributed by atoms with Crippen LogP contribution in [0.5, 0.6) is 0 Å². The predicted molar refractivity (Wildman–Crippen MR) is 96.1 cm³/mol. The molecule has 2 aliphatic heterocycles. The number of rotatable bonds is 5. The zero-order valence-electron chi connectivity index (χ0n) is 15.4. The molecule has 3 rings (SSSR count). The minimum atomic E-state index is -0.838. The van der Waals surface area contributed by atoms with Crippen LogP contribution in [0.15, 0.2) is 24.4 Å². The first-order chi connectivity index (χ1) is 12.7. The van der Waals surface area contributed by atoms with Gasteiger partial charge in [-0.15, -0.1) is 0 Å². The summed E-state index contributed by atoms with van der Waals surface area (Å²) in [7, 11) is 0. The number of hydrogen-bond acceptors (Lipinski definition) is 5. The van der Waals surface area contributed by atoms with Crippen LogP contribution in [0.25, 0.3) is 0 Å². The first-order valence-electron chi connectivity index (χ1n) is 8.91. The van der Waals surface area contributed by atoms with Crippen molar-refractivity contribution >= 4 is 23.5 Å². The third-order valence-corrected chi connectivity index (χ3v) is 5.30. The molecular weight excluding hydrogens is 348 g/mol. The maximum absolute atomic E-state index is 12.7. The molecule has 0 aliphatic carbocycles. The van der Waals surface area contributed by atoms with Crippen molar-refractivity contribution in [1.29, 1.82) is 0 Å². The Kier molecular flexibility index (Phi) is 4.99. The van der Waals surface area contributed by atoms with Crippen molar-refractivity contribution in [3.05, 3.63) is 36.5 Å². The molecule has 8 heteroatoms. The number of carbonyl (C=O) groups excluding carboxylic acids is 4. The molecular formula is C19H23N4O4. The van der Waals surface area contributed by atoms with Crippen LogP contribution >= 0.6 is 0 Å². The molecule has 143 valence electrons. The highest BCUT2D eigenvalue weighted by Crippen LogP contribution is 2.32. The summed E-state index contributed by atoms with van der Waals surface area (Å²) in [5, 5.41) is 0. The number of likely N-dealkylation sites (tertiary alicyclic amines) is 2. The summed E-state index contributed by atoms with van der Waals surface area (Å²) in [6.07, 6.45) is 3.67. The molecule has 2 aliphatic rings. The van der Waals surface area contributed by atoms with Gasteiger partial charge in [0.2, 0.25) is 11.8 Å². The van der Waals surface area contributed by atoms with Crippen LogP contribution in [0, 0.1) is 11.8 Å². The Labute approximate surface area is 157 Å². The minimum absolute atomic E-state index is 0.0265. The molecule has 0 bridgehead atoms. The van der Waals surface area contributed by atoms with E-state index in [4.69, 9.17) is 5.73 Å². The van der Waals surface area contributed by atoms with E-state index in [9.17, 15) is 19.2 Å². The van der Waals surface area contributed by atoms with Crippen molar-refractivity contribution in [2.75, 3.05) is 13.1 Å². The predicted octanol–water partition coefficient (Wildman–Crippen LogP) is 0.182. The van der Waals surface area contributed by atoms with Gasteiger partial charge in [-0.1, -0.05) is 19.9 Å². The number of ketones is 1. The number of amides is 3. The van der Waals surface area contributed by atoms with Crippen molar-refractivity contribution in [3.8, 4) is 0 Å². The topological polar surface area (TPSA) is 114 Å². The normalized spacial score (nSPS) is 22.1. The van der Waals surface area contributed by atoms with Gasteiger partial charge in [0.25, 0.3) is 5.91 Å². The first kappa shape index (κ1) is 19.0. The molecule has 2 unspecified atom stereocenters. The minimum Gasteiger partial charge on any atom is -0.369 e. The van der Waals surface area contributed by atoms with Crippen molar-refractivity contribution in [2.45, 2.75) is 38.8 Å². The average molecular weight is 371 g/mol. The lowest BCUT2D eigenvalue weighted by Gasteiger charge is -2.25. The number of hydrogen-bond donors (Lipinski definition) is 1. The van der Waals surface area contributed by atoms with Gasteiger partial charge in [-0.05, 0) is 25.0 Å². The second-order valence-corrected chi connectivity index (χ2v) is 7.60. The third kappa shape index (κ3) is 3.56. The number of pyridine rings is 1. The number of fused-ring (bicyclic) bond motifs is 1. The summed E-state index contributed by atoms with van der Waals surface area (Å²) in [5.41, 5.74) is 4.78. The standard InChI is InChI=1S/C19H23N4O4/c1-19(2,18(20)27)8-6-15(25)22-10-7-13-16(22)14(24)11-23(13)17(26)12-5-3-4-9-21-12/h3-6,9,13,16H,7-8,10-11H2,1-2H3,(H2,20,27). The van der Waals surface area contributed by atoms with E-state index < -0.39 is 17.4 Å². The number of nitrogens with zero attached hydrogens (tertiary/aromatic N) is 3. The zero-order valence-corrected chi connectivity index (χ0v) is 15.4. The van der Waals surface area contributed by atoms with Crippen LogP contribution in [-0.4, -0.2) is 63.5 Å². The highest BCUT2D eigenvalue weighted by molar-refractivity contribution is 6.02. The maximum atomic E-state index is 12.7. The second kappa shape index (κ2) is 7.09. The van der Waals surface area contributed by atoms with Crippen LogP contribution in [0.3, 0.4) is 0 Å². The highest BCUT2D eigenvalue weighted by Gasteiger charge is 2.51. The molecule has 2 atom stereocenters. The second-order valence-electron chi connectivity index (χ2n) is 7.60. The molecule has 0 aromatic carbocycles. The highest BCUT2D eigenvalue weighted by atomic mass is 16.2. The van der Waals surface area contributed by atoms with Gasteiger partial charge in [-0.3, -0.25) is 24.2 Å². The van der Waals surface area contributed by atoms with Gasteiger partial charge < -0.3 is 15.5 Å². The molecule has 2 fully saturated rings. The Hall–Kier alpha value is -2.77. The lowest BCUT2D eigenvalue weighted by Crippen LogP contribution is -2.44. The smallest absolute Gasteiger partial charge is 0.273 e. The number of aromatic nitrogens is 1. The Balaban J connectivity index is 1.69. The van der Waals surface area contributed by atoms with E-state index >= 15 is 0 Å². The van der Waals surface area contributed by atoms with E-state index in [2.05, 4.69) is 4.98 Å². The number of nitrogens with two attached hydrogens (primary N) is 1. The molecule has 1 radical (unpaired) electrons. The van der Waals surface area contributed by atoms with E-state index in [1.165, 1.54) is 22.4 Å². The summed E-state index contributed by atoms with van der Waals surface area (Å²) < 4.78 is 0. The van der Waals surface area contributed by atoms with Gasteiger partial charge in [-0.25, -0.2) is 0 Å². The quantitative estimate of drug-likeness (QED) is 0.793. The number of carbonyl (C=O) groups is 4. The molecule has 3 heterocycles. The Morgan fingerprint density at radius 2 is 2.04 bits per heavy atom. The van der Waals surface area contributed by atoms with Gasteiger partial charge in [0.05, 0.1) is 19.0 Å². The largest absolute Gasteiger partial charge is 0.369 e. The molecule has 1 aromatic rings. The molecule has 2 saturated heterocycles. The van der Waals surface area contributed by atoms with Gasteiger partial charge in [0.15, 0.2) is 5.78 Å². The fourth-order valence-corrected chi connectivity index (χ4v) is 3.54. The molecule has 0 spiro atoms. The molecule has 2 N–H and O–H groups in total. The molecule has 0 saturated carbocycles. The number of Topliss-reactive ketones (excluding diaryl/α,β-unsaturated/α-hetero) is 1. The van der Waals surface area contributed by atoms with Crippen LogP contribution in [-0.2, 0) is 14.4 Å². The summed E-state index contributed by atoms with van der Waals surface area (Å²) >= 11 is 0. The average Bonchev–Trinajstić information content (AvgIpc) is 3.21. The van der Waals surface area contributed by atoms with Crippen LogP contribution in [0.2, 0.25) is 0 Å². The lowest BCUT2D eigenvalue weighted by molar-refractivity contribution is -0.134. The summed E-state index contributed by atoms with van der Waals surface area (Å²) in [4.78, 5) is 56.3. The van der Waals surface area contributed by atoms with E-state index in [1.54, 1.807) is 32.0 Å². The van der Waals surface area contributed by atoms with Crippen LogP contribution in [0.4, 0.5) is 0 Å². The first-order valence-corrected chi connectivity index (χ1v) is 8.91. The third-order valence-electron chi connectivity index (χ3n) is 5.30. The summed E-state index contributed by atoms with van der Waals surface area (Å²) in [6.45, 7) is 3.69. The van der Waals surface area contributed by atoms with Crippen molar-refractivity contribution in [1.82, 2.24) is 14.8 Å². The van der Waals surface area contributed by atoms with Gasteiger partial charge in [0.1, 0.15) is 11.7 Å². The Morgan fingerprint density at radius 3 is 2.67 bits per heavy atom. The molecule has 1 aromatic heterocycles. The van der Waals surface area contributed by atoms with Gasteiger partial charge in [-0.2, -0.15) is 0 Å². The Morgan fingerprint density at radius 1 is 1.30 bits per heavy atom.